The summed E-state index contributed by atoms with van der Waals surface area (Å²) in [7, 11) is 1.69. The first-order chi connectivity index (χ1) is 9.04. The molecule has 0 aromatic carbocycles. The molecule has 6 nitrogen and oxygen atoms in total. The van der Waals surface area contributed by atoms with Crippen LogP contribution in [0.2, 0.25) is 0 Å². The van der Waals surface area contributed by atoms with Crippen LogP contribution in [0.25, 0.3) is 0 Å². The number of amides is 2. The number of carboxylic acid groups (broad SMARTS) is 1. The van der Waals surface area contributed by atoms with Crippen LogP contribution in [0.1, 0.15) is 18.9 Å². The van der Waals surface area contributed by atoms with E-state index < -0.39 is 5.97 Å². The summed E-state index contributed by atoms with van der Waals surface area (Å²) in [5.74, 6) is -0.902. The molecule has 1 N–H and O–H groups in total. The lowest BCUT2D eigenvalue weighted by Crippen LogP contribution is -2.41. The van der Waals surface area contributed by atoms with Crippen molar-refractivity contribution in [3.8, 4) is 0 Å². The molecular weight excluding hydrogens is 246 g/mol. The summed E-state index contributed by atoms with van der Waals surface area (Å²) in [5, 5.41) is 8.65. The van der Waals surface area contributed by atoms with Crippen molar-refractivity contribution in [3.63, 3.8) is 0 Å². The van der Waals surface area contributed by atoms with Gasteiger partial charge in [0.2, 0.25) is 0 Å². The van der Waals surface area contributed by atoms with Crippen molar-refractivity contribution < 1.29 is 14.7 Å². The van der Waals surface area contributed by atoms with Crippen molar-refractivity contribution in [2.75, 3.05) is 20.1 Å². The Morgan fingerprint density at radius 2 is 2.16 bits per heavy atom. The molecule has 19 heavy (non-hydrogen) atoms. The van der Waals surface area contributed by atoms with E-state index in [1.54, 1.807) is 24.3 Å². The first kappa shape index (κ1) is 14.9. The molecule has 0 radical (unpaired) electrons. The number of pyridine rings is 1. The molecule has 0 atom stereocenters. The quantitative estimate of drug-likeness (QED) is 0.844. The van der Waals surface area contributed by atoms with Crippen LogP contribution in [-0.4, -0.2) is 52.0 Å². The molecule has 0 spiro atoms. The summed E-state index contributed by atoms with van der Waals surface area (Å²) >= 11 is 0. The fourth-order valence-electron chi connectivity index (χ4n) is 1.69. The average Bonchev–Trinajstić information content (AvgIpc) is 2.40. The van der Waals surface area contributed by atoms with Crippen molar-refractivity contribution in [2.24, 2.45) is 0 Å². The Labute approximate surface area is 112 Å². The van der Waals surface area contributed by atoms with Crippen molar-refractivity contribution in [1.82, 2.24) is 14.8 Å². The summed E-state index contributed by atoms with van der Waals surface area (Å²) in [6.07, 6.45) is 3.34. The van der Waals surface area contributed by atoms with Gasteiger partial charge in [0, 0.05) is 39.1 Å². The second kappa shape index (κ2) is 7.35. The molecule has 1 aromatic rings. The highest BCUT2D eigenvalue weighted by Gasteiger charge is 2.17. The Hall–Kier alpha value is -2.11. The molecule has 0 bridgehead atoms. The minimum absolute atomic E-state index is 0.0414. The molecule has 1 aromatic heterocycles. The molecule has 1 heterocycles. The smallest absolute Gasteiger partial charge is 0.320 e. The fourth-order valence-corrected chi connectivity index (χ4v) is 1.69. The zero-order chi connectivity index (χ0) is 14.3. The lowest BCUT2D eigenvalue weighted by molar-refractivity contribution is -0.137. The SMILES string of the molecule is CCN(CCC(=O)O)C(=O)N(C)Cc1cccnc1. The van der Waals surface area contributed by atoms with Gasteiger partial charge in [-0.3, -0.25) is 9.78 Å². The van der Waals surface area contributed by atoms with Crippen molar-refractivity contribution in [3.05, 3.63) is 30.1 Å². The number of urea groups is 1. The van der Waals surface area contributed by atoms with E-state index in [1.165, 1.54) is 4.90 Å². The molecule has 0 saturated heterocycles. The van der Waals surface area contributed by atoms with Gasteiger partial charge in [0.1, 0.15) is 0 Å². The topological polar surface area (TPSA) is 73.7 Å². The van der Waals surface area contributed by atoms with E-state index in [9.17, 15) is 9.59 Å². The van der Waals surface area contributed by atoms with Gasteiger partial charge in [-0.2, -0.15) is 0 Å². The Morgan fingerprint density at radius 1 is 1.42 bits per heavy atom. The Kier molecular flexibility index (Phi) is 5.78. The number of rotatable bonds is 6. The lowest BCUT2D eigenvalue weighted by Gasteiger charge is -2.26. The van der Waals surface area contributed by atoms with Crippen LogP contribution >= 0.6 is 0 Å². The maximum Gasteiger partial charge on any atom is 0.320 e. The summed E-state index contributed by atoms with van der Waals surface area (Å²) in [6.45, 7) is 3.00. The number of aromatic nitrogens is 1. The van der Waals surface area contributed by atoms with Gasteiger partial charge in [-0.25, -0.2) is 4.79 Å². The predicted octanol–water partition coefficient (Wildman–Crippen LogP) is 1.43. The summed E-state index contributed by atoms with van der Waals surface area (Å²) in [6, 6.07) is 3.53. The van der Waals surface area contributed by atoms with Gasteiger partial charge in [-0.1, -0.05) is 6.07 Å². The number of hydrogen-bond donors (Lipinski definition) is 1. The Morgan fingerprint density at radius 3 is 2.68 bits per heavy atom. The molecular formula is C13H19N3O3. The number of hydrogen-bond acceptors (Lipinski definition) is 3. The third kappa shape index (κ3) is 4.95. The van der Waals surface area contributed by atoms with Crippen molar-refractivity contribution in [1.29, 1.82) is 0 Å². The van der Waals surface area contributed by atoms with Gasteiger partial charge < -0.3 is 14.9 Å². The number of aliphatic carboxylic acids is 1. The highest BCUT2D eigenvalue weighted by atomic mass is 16.4. The van der Waals surface area contributed by atoms with Gasteiger partial charge in [-0.05, 0) is 18.6 Å². The monoisotopic (exact) mass is 265 g/mol. The third-order valence-corrected chi connectivity index (χ3v) is 2.72. The van der Waals surface area contributed by atoms with Gasteiger partial charge in [-0.15, -0.1) is 0 Å². The zero-order valence-corrected chi connectivity index (χ0v) is 11.2. The minimum atomic E-state index is -0.902. The van der Waals surface area contributed by atoms with Crippen LogP contribution in [0.3, 0.4) is 0 Å². The van der Waals surface area contributed by atoms with Crippen LogP contribution < -0.4 is 0 Å². The molecule has 104 valence electrons. The minimum Gasteiger partial charge on any atom is -0.481 e. The van der Waals surface area contributed by atoms with Crippen LogP contribution in [-0.2, 0) is 11.3 Å². The number of carbonyl (C=O) groups is 2. The molecule has 0 unspecified atom stereocenters. The second-order valence-corrected chi connectivity index (χ2v) is 4.22. The van der Waals surface area contributed by atoms with Crippen LogP contribution in [0.5, 0.6) is 0 Å². The van der Waals surface area contributed by atoms with Crippen LogP contribution in [0, 0.1) is 0 Å². The standard InChI is InChI=1S/C13H19N3O3/c1-3-16(8-6-12(17)18)13(19)15(2)10-11-5-4-7-14-9-11/h4-5,7,9H,3,6,8,10H2,1-2H3,(H,17,18). The first-order valence-electron chi connectivity index (χ1n) is 6.15. The molecule has 0 fully saturated rings. The summed E-state index contributed by atoms with van der Waals surface area (Å²) in [5.41, 5.74) is 0.938. The summed E-state index contributed by atoms with van der Waals surface area (Å²) < 4.78 is 0. The van der Waals surface area contributed by atoms with Crippen molar-refractivity contribution in [2.45, 2.75) is 19.9 Å². The molecule has 0 saturated carbocycles. The maximum atomic E-state index is 12.1. The van der Waals surface area contributed by atoms with E-state index in [0.29, 0.717) is 13.1 Å². The maximum absolute atomic E-state index is 12.1. The highest BCUT2D eigenvalue weighted by Crippen LogP contribution is 2.05. The normalized spacial score (nSPS) is 10.0. The second-order valence-electron chi connectivity index (χ2n) is 4.22. The fraction of sp³-hybridized carbons (Fsp3) is 0.462. The van der Waals surface area contributed by atoms with Crippen LogP contribution in [0.4, 0.5) is 4.79 Å². The molecule has 0 aliphatic carbocycles. The highest BCUT2D eigenvalue weighted by molar-refractivity contribution is 5.75. The lowest BCUT2D eigenvalue weighted by atomic mass is 10.3. The number of nitrogens with zero attached hydrogens (tertiary/aromatic N) is 3. The molecule has 0 aliphatic heterocycles. The number of carbonyl (C=O) groups excluding carboxylic acids is 1. The first-order valence-corrected chi connectivity index (χ1v) is 6.15. The molecule has 2 amide bonds. The van der Waals surface area contributed by atoms with Gasteiger partial charge in [0.05, 0.1) is 6.42 Å². The predicted molar refractivity (Wildman–Crippen MR) is 70.6 cm³/mol. The van der Waals surface area contributed by atoms with Gasteiger partial charge >= 0.3 is 12.0 Å². The third-order valence-electron chi connectivity index (χ3n) is 2.72. The Balaban J connectivity index is 2.56. The van der Waals surface area contributed by atoms with Crippen LogP contribution in [0.15, 0.2) is 24.5 Å². The van der Waals surface area contributed by atoms with Gasteiger partial charge in [0.15, 0.2) is 0 Å². The van der Waals surface area contributed by atoms with Gasteiger partial charge in [0.25, 0.3) is 0 Å². The Bertz CT molecular complexity index is 422. The van der Waals surface area contributed by atoms with E-state index in [1.807, 2.05) is 19.1 Å². The molecule has 0 aliphatic rings. The van der Waals surface area contributed by atoms with E-state index in [-0.39, 0.29) is 19.0 Å². The average molecular weight is 265 g/mol. The molecule has 1 rings (SSSR count). The van der Waals surface area contributed by atoms with E-state index in [0.717, 1.165) is 5.56 Å². The summed E-state index contributed by atoms with van der Waals surface area (Å²) in [4.78, 5) is 29.7. The van der Waals surface area contributed by atoms with E-state index in [2.05, 4.69) is 4.98 Å². The van der Waals surface area contributed by atoms with Crippen molar-refractivity contribution >= 4 is 12.0 Å². The number of carboxylic acids is 1. The zero-order valence-electron chi connectivity index (χ0n) is 11.2. The largest absolute Gasteiger partial charge is 0.481 e. The van der Waals surface area contributed by atoms with E-state index >= 15 is 0 Å². The molecule has 6 heteroatoms. The van der Waals surface area contributed by atoms with E-state index in [4.69, 9.17) is 5.11 Å².